The summed E-state index contributed by atoms with van der Waals surface area (Å²) in [5, 5.41) is 5.44. The molecule has 0 radical (unpaired) electrons. The molecular formula is C15H21N3O4S. The Balaban J connectivity index is 2.11. The number of rotatable bonds is 7. The van der Waals surface area contributed by atoms with Crippen molar-refractivity contribution in [3.05, 3.63) is 24.3 Å². The quantitative estimate of drug-likeness (QED) is 0.777. The number of anilines is 2. The Morgan fingerprint density at radius 3 is 2.57 bits per heavy atom. The van der Waals surface area contributed by atoms with E-state index < -0.39 is 10.0 Å². The zero-order valence-electron chi connectivity index (χ0n) is 13.2. The average Bonchev–Trinajstić information content (AvgIpc) is 3.21. The number of nitrogens with one attached hydrogen (secondary N) is 2. The van der Waals surface area contributed by atoms with Gasteiger partial charge in [0, 0.05) is 31.6 Å². The number of carbonyl (C=O) groups is 2. The second-order valence-corrected chi connectivity index (χ2v) is 7.57. The van der Waals surface area contributed by atoms with Crippen LogP contribution in [-0.4, -0.2) is 39.1 Å². The second kappa shape index (κ2) is 6.99. The predicted octanol–water partition coefficient (Wildman–Crippen LogP) is 1.08. The van der Waals surface area contributed by atoms with Gasteiger partial charge in [0.2, 0.25) is 21.8 Å². The molecule has 0 spiro atoms. The maximum atomic E-state index is 12.0. The van der Waals surface area contributed by atoms with Gasteiger partial charge in [0.05, 0.1) is 11.9 Å². The van der Waals surface area contributed by atoms with Crippen LogP contribution >= 0.6 is 0 Å². The maximum absolute atomic E-state index is 12.0. The van der Waals surface area contributed by atoms with E-state index in [1.807, 2.05) is 0 Å². The zero-order valence-corrected chi connectivity index (χ0v) is 14.0. The zero-order chi connectivity index (χ0) is 17.0. The third kappa shape index (κ3) is 5.55. The molecule has 1 aliphatic carbocycles. The number of benzene rings is 1. The Kier molecular flexibility index (Phi) is 5.25. The van der Waals surface area contributed by atoms with Gasteiger partial charge in [-0.05, 0) is 31.0 Å². The van der Waals surface area contributed by atoms with Crippen LogP contribution in [0.4, 0.5) is 11.4 Å². The van der Waals surface area contributed by atoms with E-state index in [2.05, 4.69) is 10.6 Å². The Bertz CT molecular complexity index is 698. The molecule has 0 atom stereocenters. The van der Waals surface area contributed by atoms with Gasteiger partial charge in [-0.3, -0.25) is 13.9 Å². The van der Waals surface area contributed by atoms with E-state index in [0.29, 0.717) is 11.4 Å². The summed E-state index contributed by atoms with van der Waals surface area (Å²) in [6.07, 6.45) is 3.16. The van der Waals surface area contributed by atoms with E-state index >= 15 is 0 Å². The molecule has 2 rings (SSSR count). The number of sulfonamides is 1. The molecule has 7 nitrogen and oxygen atoms in total. The van der Waals surface area contributed by atoms with Gasteiger partial charge in [-0.25, -0.2) is 8.42 Å². The molecule has 2 N–H and O–H groups in total. The highest BCUT2D eigenvalue weighted by atomic mass is 32.2. The summed E-state index contributed by atoms with van der Waals surface area (Å²) in [4.78, 5) is 22.9. The van der Waals surface area contributed by atoms with Crippen LogP contribution in [0, 0.1) is 0 Å². The third-order valence-electron chi connectivity index (χ3n) is 3.34. The smallest absolute Gasteiger partial charge is 0.232 e. The summed E-state index contributed by atoms with van der Waals surface area (Å²) in [5.74, 6) is -0.393. The van der Waals surface area contributed by atoms with Crippen LogP contribution in [0.1, 0.15) is 26.2 Å². The molecular weight excluding hydrogens is 318 g/mol. The minimum Gasteiger partial charge on any atom is -0.353 e. The molecule has 23 heavy (non-hydrogen) atoms. The fourth-order valence-electron chi connectivity index (χ4n) is 2.16. The van der Waals surface area contributed by atoms with E-state index in [4.69, 9.17) is 0 Å². The molecule has 1 saturated carbocycles. The molecule has 0 aliphatic heterocycles. The predicted molar refractivity (Wildman–Crippen MR) is 88.7 cm³/mol. The first-order valence-electron chi connectivity index (χ1n) is 7.40. The minimum absolute atomic E-state index is 0.0565. The van der Waals surface area contributed by atoms with Crippen LogP contribution in [-0.2, 0) is 19.6 Å². The van der Waals surface area contributed by atoms with E-state index in [0.717, 1.165) is 19.1 Å². The summed E-state index contributed by atoms with van der Waals surface area (Å²) in [7, 11) is -3.53. The highest BCUT2D eigenvalue weighted by Crippen LogP contribution is 2.23. The molecule has 0 aromatic heterocycles. The van der Waals surface area contributed by atoms with Gasteiger partial charge in [-0.15, -0.1) is 0 Å². The fraction of sp³-hybridized carbons (Fsp3) is 0.467. The highest BCUT2D eigenvalue weighted by molar-refractivity contribution is 7.92. The molecule has 2 amide bonds. The minimum atomic E-state index is -3.53. The molecule has 1 aromatic rings. The summed E-state index contributed by atoms with van der Waals surface area (Å²) >= 11 is 0. The van der Waals surface area contributed by atoms with Crippen molar-refractivity contribution in [2.24, 2.45) is 0 Å². The van der Waals surface area contributed by atoms with Crippen molar-refractivity contribution in [1.82, 2.24) is 5.32 Å². The number of hydrogen-bond donors (Lipinski definition) is 2. The lowest BCUT2D eigenvalue weighted by Crippen LogP contribution is -2.35. The van der Waals surface area contributed by atoms with Crippen molar-refractivity contribution in [3.8, 4) is 0 Å². The normalized spacial score (nSPS) is 14.2. The highest BCUT2D eigenvalue weighted by Gasteiger charge is 2.24. The van der Waals surface area contributed by atoms with Gasteiger partial charge in [0.1, 0.15) is 0 Å². The van der Waals surface area contributed by atoms with Gasteiger partial charge in [0.15, 0.2) is 0 Å². The molecule has 8 heteroatoms. The second-order valence-electron chi connectivity index (χ2n) is 5.66. The number of nitrogens with zero attached hydrogens (tertiary/aromatic N) is 1. The van der Waals surface area contributed by atoms with Gasteiger partial charge < -0.3 is 10.6 Å². The van der Waals surface area contributed by atoms with Crippen molar-refractivity contribution in [2.75, 3.05) is 22.4 Å². The van der Waals surface area contributed by atoms with Crippen molar-refractivity contribution in [1.29, 1.82) is 0 Å². The Morgan fingerprint density at radius 2 is 2.00 bits per heavy atom. The summed E-state index contributed by atoms with van der Waals surface area (Å²) in [6.45, 7) is 1.43. The molecule has 0 bridgehead atoms. The Morgan fingerprint density at radius 1 is 1.30 bits per heavy atom. The lowest BCUT2D eigenvalue weighted by atomic mass is 10.2. The number of carbonyl (C=O) groups excluding carboxylic acids is 2. The van der Waals surface area contributed by atoms with E-state index in [-0.39, 0.29) is 30.8 Å². The van der Waals surface area contributed by atoms with Gasteiger partial charge >= 0.3 is 0 Å². The molecule has 1 aromatic carbocycles. The van der Waals surface area contributed by atoms with Crippen molar-refractivity contribution in [3.63, 3.8) is 0 Å². The van der Waals surface area contributed by atoms with E-state index in [1.165, 1.54) is 11.2 Å². The largest absolute Gasteiger partial charge is 0.353 e. The average molecular weight is 339 g/mol. The molecule has 0 unspecified atom stereocenters. The number of amides is 2. The van der Waals surface area contributed by atoms with Crippen LogP contribution < -0.4 is 14.9 Å². The van der Waals surface area contributed by atoms with Crippen LogP contribution in [0.5, 0.6) is 0 Å². The molecule has 0 heterocycles. The van der Waals surface area contributed by atoms with Gasteiger partial charge in [-0.2, -0.15) is 0 Å². The van der Waals surface area contributed by atoms with Gasteiger partial charge in [0.25, 0.3) is 0 Å². The van der Waals surface area contributed by atoms with Crippen LogP contribution in [0.3, 0.4) is 0 Å². The van der Waals surface area contributed by atoms with Crippen LogP contribution in [0.2, 0.25) is 0 Å². The standard InChI is InChI=1S/C15H21N3O4S/c1-11(19)16-13-4-3-5-14(10-13)18(23(2,21)22)9-8-15(20)17-12-6-7-12/h3-5,10,12H,6-9H2,1-2H3,(H,16,19)(H,17,20). The van der Waals surface area contributed by atoms with Crippen molar-refractivity contribution < 1.29 is 18.0 Å². The fourth-order valence-corrected chi connectivity index (χ4v) is 3.08. The monoisotopic (exact) mass is 339 g/mol. The summed E-state index contributed by atoms with van der Waals surface area (Å²) in [6, 6.07) is 6.78. The third-order valence-corrected chi connectivity index (χ3v) is 4.53. The van der Waals surface area contributed by atoms with Gasteiger partial charge in [-0.1, -0.05) is 6.07 Å². The maximum Gasteiger partial charge on any atom is 0.232 e. The summed E-state index contributed by atoms with van der Waals surface area (Å²) < 4.78 is 25.2. The number of hydrogen-bond acceptors (Lipinski definition) is 4. The molecule has 1 fully saturated rings. The topological polar surface area (TPSA) is 95.6 Å². The first-order chi connectivity index (χ1) is 10.8. The lowest BCUT2D eigenvalue weighted by Gasteiger charge is -2.22. The first kappa shape index (κ1) is 17.3. The Labute approximate surface area is 136 Å². The molecule has 1 aliphatic rings. The first-order valence-corrected chi connectivity index (χ1v) is 9.25. The SMILES string of the molecule is CC(=O)Nc1cccc(N(CCC(=O)NC2CC2)S(C)(=O)=O)c1. The molecule has 0 saturated heterocycles. The van der Waals surface area contributed by atoms with Crippen molar-refractivity contribution in [2.45, 2.75) is 32.2 Å². The Hall–Kier alpha value is -2.09. The molecule has 126 valence electrons. The lowest BCUT2D eigenvalue weighted by molar-refractivity contribution is -0.121. The van der Waals surface area contributed by atoms with Crippen LogP contribution in [0.25, 0.3) is 0 Å². The van der Waals surface area contributed by atoms with E-state index in [9.17, 15) is 18.0 Å². The van der Waals surface area contributed by atoms with Crippen LogP contribution in [0.15, 0.2) is 24.3 Å². The van der Waals surface area contributed by atoms with Crippen molar-refractivity contribution >= 4 is 33.2 Å². The van der Waals surface area contributed by atoms with E-state index in [1.54, 1.807) is 24.3 Å². The summed E-state index contributed by atoms with van der Waals surface area (Å²) in [5.41, 5.74) is 0.920.